The van der Waals surface area contributed by atoms with Gasteiger partial charge in [0.15, 0.2) is 5.65 Å². The molecule has 7 nitrogen and oxygen atoms in total. The van der Waals surface area contributed by atoms with Crippen LogP contribution in [0.3, 0.4) is 0 Å². The number of aryl methyl sites for hydroxylation is 2. The Kier molecular flexibility index (Phi) is 7.37. The van der Waals surface area contributed by atoms with E-state index >= 15 is 0 Å². The van der Waals surface area contributed by atoms with Crippen molar-refractivity contribution < 1.29 is 9.18 Å². The lowest BCUT2D eigenvalue weighted by molar-refractivity contribution is -0.131. The van der Waals surface area contributed by atoms with E-state index in [1.54, 1.807) is 16.8 Å². The predicted molar refractivity (Wildman–Crippen MR) is 144 cm³/mol. The average molecular weight is 521 g/mol. The molecule has 1 aliphatic rings. The number of alkyl halides is 1. The van der Waals surface area contributed by atoms with Gasteiger partial charge in [0.25, 0.3) is 0 Å². The van der Waals surface area contributed by atoms with Crippen molar-refractivity contribution in [1.29, 1.82) is 0 Å². The number of rotatable bonds is 7. The van der Waals surface area contributed by atoms with Crippen LogP contribution >= 0.6 is 11.6 Å². The zero-order chi connectivity index (χ0) is 25.9. The third-order valence-corrected chi connectivity index (χ3v) is 7.19. The third-order valence-electron chi connectivity index (χ3n) is 6.75. The van der Waals surface area contributed by atoms with E-state index in [0.29, 0.717) is 31.8 Å². The van der Waals surface area contributed by atoms with E-state index in [1.165, 1.54) is 12.1 Å². The van der Waals surface area contributed by atoms with Gasteiger partial charge < -0.3 is 9.80 Å². The number of piperazine rings is 1. The van der Waals surface area contributed by atoms with Gasteiger partial charge in [0, 0.05) is 32.6 Å². The van der Waals surface area contributed by atoms with Crippen LogP contribution in [0.2, 0.25) is 0 Å². The molecule has 4 aromatic rings. The molecule has 1 amide bonds. The van der Waals surface area contributed by atoms with E-state index in [9.17, 15) is 9.18 Å². The molecule has 5 rings (SSSR count). The Morgan fingerprint density at radius 1 is 1.03 bits per heavy atom. The molecule has 9 heteroatoms. The van der Waals surface area contributed by atoms with Crippen LogP contribution in [0.25, 0.3) is 16.7 Å². The first kappa shape index (κ1) is 25.1. The van der Waals surface area contributed by atoms with Crippen LogP contribution in [0.1, 0.15) is 42.2 Å². The SMILES string of the molecule is CCCCc1nc(N2CCN(C(=O)C(Cl)c3ccccc3)CC2)c2c(C)nn(-c3ccc(F)cc3)c2n1. The second kappa shape index (κ2) is 10.8. The minimum absolute atomic E-state index is 0.0794. The zero-order valence-electron chi connectivity index (χ0n) is 21.1. The molecule has 3 heterocycles. The summed E-state index contributed by atoms with van der Waals surface area (Å²) < 4.78 is 15.3. The van der Waals surface area contributed by atoms with E-state index in [2.05, 4.69) is 11.8 Å². The van der Waals surface area contributed by atoms with Crippen molar-refractivity contribution in [3.63, 3.8) is 0 Å². The molecular formula is C28H30ClFN6O. The van der Waals surface area contributed by atoms with Crippen LogP contribution in [0.5, 0.6) is 0 Å². The zero-order valence-corrected chi connectivity index (χ0v) is 21.8. The van der Waals surface area contributed by atoms with Crippen molar-refractivity contribution >= 4 is 34.4 Å². The van der Waals surface area contributed by atoms with Gasteiger partial charge >= 0.3 is 0 Å². The highest BCUT2D eigenvalue weighted by atomic mass is 35.5. The standard InChI is InChI=1S/C28H30ClFN6O/c1-3-4-10-23-31-26(24-19(2)33-36(27(24)32-23)22-13-11-21(30)12-14-22)34-15-17-35(18-16-34)28(37)25(29)20-8-6-5-7-9-20/h5-9,11-14,25H,3-4,10,15-18H2,1-2H3. The molecule has 1 fully saturated rings. The molecule has 2 aromatic heterocycles. The lowest BCUT2D eigenvalue weighted by Gasteiger charge is -2.36. The van der Waals surface area contributed by atoms with Gasteiger partial charge in [0.1, 0.15) is 22.8 Å². The largest absolute Gasteiger partial charge is 0.352 e. The van der Waals surface area contributed by atoms with Crippen LogP contribution in [-0.4, -0.2) is 56.7 Å². The van der Waals surface area contributed by atoms with Crippen LogP contribution in [-0.2, 0) is 11.2 Å². The van der Waals surface area contributed by atoms with E-state index in [4.69, 9.17) is 26.7 Å². The molecule has 1 atom stereocenters. The summed E-state index contributed by atoms with van der Waals surface area (Å²) in [7, 11) is 0. The maximum Gasteiger partial charge on any atom is 0.245 e. The van der Waals surface area contributed by atoms with Gasteiger partial charge in [0.05, 0.1) is 16.8 Å². The van der Waals surface area contributed by atoms with Crippen molar-refractivity contribution in [3.05, 3.63) is 77.5 Å². The normalized spacial score (nSPS) is 14.8. The third kappa shape index (κ3) is 5.16. The van der Waals surface area contributed by atoms with Crippen molar-refractivity contribution in [2.75, 3.05) is 31.1 Å². The Morgan fingerprint density at radius 2 is 1.73 bits per heavy atom. The number of fused-ring (bicyclic) bond motifs is 1. The maximum absolute atomic E-state index is 13.6. The molecule has 0 aliphatic carbocycles. The molecule has 37 heavy (non-hydrogen) atoms. The Hall–Kier alpha value is -3.52. The van der Waals surface area contributed by atoms with Crippen LogP contribution in [0, 0.1) is 12.7 Å². The summed E-state index contributed by atoms with van der Waals surface area (Å²) in [6.45, 7) is 6.45. The Morgan fingerprint density at radius 3 is 2.41 bits per heavy atom. The number of hydrogen-bond donors (Lipinski definition) is 0. The molecule has 0 bridgehead atoms. The fourth-order valence-electron chi connectivity index (χ4n) is 4.71. The quantitative estimate of drug-likeness (QED) is 0.312. The van der Waals surface area contributed by atoms with Gasteiger partial charge in [-0.1, -0.05) is 43.7 Å². The molecule has 1 saturated heterocycles. The summed E-state index contributed by atoms with van der Waals surface area (Å²) in [6, 6.07) is 15.7. The smallest absolute Gasteiger partial charge is 0.245 e. The molecule has 1 unspecified atom stereocenters. The summed E-state index contributed by atoms with van der Waals surface area (Å²) in [5.74, 6) is 1.22. The Bertz CT molecular complexity index is 1380. The van der Waals surface area contributed by atoms with E-state index in [1.807, 2.05) is 42.2 Å². The summed E-state index contributed by atoms with van der Waals surface area (Å²) in [4.78, 5) is 27.0. The fourth-order valence-corrected chi connectivity index (χ4v) is 4.99. The number of anilines is 1. The molecular weight excluding hydrogens is 491 g/mol. The van der Waals surface area contributed by atoms with Gasteiger partial charge in [-0.05, 0) is 43.2 Å². The minimum atomic E-state index is -0.699. The monoisotopic (exact) mass is 520 g/mol. The minimum Gasteiger partial charge on any atom is -0.352 e. The summed E-state index contributed by atoms with van der Waals surface area (Å²) in [5, 5.41) is 4.93. The maximum atomic E-state index is 13.6. The molecule has 1 aliphatic heterocycles. The number of unbranched alkanes of at least 4 members (excludes halogenated alkanes) is 1. The number of nitrogens with zero attached hydrogens (tertiary/aromatic N) is 6. The van der Waals surface area contributed by atoms with Crippen LogP contribution in [0.4, 0.5) is 10.2 Å². The van der Waals surface area contributed by atoms with E-state index in [-0.39, 0.29) is 11.7 Å². The molecule has 0 N–H and O–H groups in total. The van der Waals surface area contributed by atoms with Crippen LogP contribution in [0.15, 0.2) is 54.6 Å². The summed E-state index contributed by atoms with van der Waals surface area (Å²) in [5.41, 5.74) is 3.07. The van der Waals surface area contributed by atoms with Crippen LogP contribution < -0.4 is 4.90 Å². The first-order valence-electron chi connectivity index (χ1n) is 12.7. The number of benzene rings is 2. The average Bonchev–Trinajstić information content (AvgIpc) is 3.27. The lowest BCUT2D eigenvalue weighted by Crippen LogP contribution is -2.50. The summed E-state index contributed by atoms with van der Waals surface area (Å²) in [6.07, 6.45) is 2.78. The lowest BCUT2D eigenvalue weighted by atomic mass is 10.1. The molecule has 0 spiro atoms. The number of hydrogen-bond acceptors (Lipinski definition) is 5. The van der Waals surface area contributed by atoms with Gasteiger partial charge in [-0.2, -0.15) is 5.10 Å². The molecule has 2 aromatic carbocycles. The van der Waals surface area contributed by atoms with Crippen molar-refractivity contribution in [3.8, 4) is 5.69 Å². The van der Waals surface area contributed by atoms with E-state index in [0.717, 1.165) is 53.2 Å². The fraction of sp³-hybridized carbons (Fsp3) is 0.357. The molecule has 192 valence electrons. The van der Waals surface area contributed by atoms with Crippen molar-refractivity contribution in [1.82, 2.24) is 24.6 Å². The van der Waals surface area contributed by atoms with Crippen molar-refractivity contribution in [2.24, 2.45) is 0 Å². The summed E-state index contributed by atoms with van der Waals surface area (Å²) >= 11 is 6.52. The number of aromatic nitrogens is 4. The van der Waals surface area contributed by atoms with E-state index < -0.39 is 5.38 Å². The Balaban J connectivity index is 1.44. The topological polar surface area (TPSA) is 67.2 Å². The number of carbonyl (C=O) groups excluding carboxylic acids is 1. The van der Waals surface area contributed by atoms with Crippen molar-refractivity contribution in [2.45, 2.75) is 38.5 Å². The van der Waals surface area contributed by atoms with Gasteiger partial charge in [0.2, 0.25) is 5.91 Å². The highest BCUT2D eigenvalue weighted by Crippen LogP contribution is 2.31. The molecule has 0 saturated carbocycles. The second-order valence-electron chi connectivity index (χ2n) is 9.32. The Labute approximate surface area is 220 Å². The van der Waals surface area contributed by atoms with Gasteiger partial charge in [-0.15, -0.1) is 11.6 Å². The number of halogens is 2. The second-order valence-corrected chi connectivity index (χ2v) is 9.76. The predicted octanol–water partition coefficient (Wildman–Crippen LogP) is 5.23. The van der Waals surface area contributed by atoms with Gasteiger partial charge in [-0.25, -0.2) is 19.0 Å². The first-order chi connectivity index (χ1) is 18.0. The highest BCUT2D eigenvalue weighted by molar-refractivity contribution is 6.30. The van der Waals surface area contributed by atoms with Gasteiger partial charge in [-0.3, -0.25) is 4.79 Å². The molecule has 0 radical (unpaired) electrons. The first-order valence-corrected chi connectivity index (χ1v) is 13.1. The number of amides is 1. The highest BCUT2D eigenvalue weighted by Gasteiger charge is 2.29. The number of carbonyl (C=O) groups is 1.